The summed E-state index contributed by atoms with van der Waals surface area (Å²) < 4.78 is 2.08. The fourth-order valence-electron chi connectivity index (χ4n) is 3.21. The van der Waals surface area contributed by atoms with Gasteiger partial charge in [-0.25, -0.2) is 4.98 Å². The molecule has 0 aromatic carbocycles. The topological polar surface area (TPSA) is 50.2 Å². The summed E-state index contributed by atoms with van der Waals surface area (Å²) in [5.41, 5.74) is 3.23. The number of hydrogen-bond donors (Lipinski definition) is 1. The molecule has 1 aliphatic carbocycles. The Labute approximate surface area is 151 Å². The van der Waals surface area contributed by atoms with Gasteiger partial charge < -0.3 is 14.8 Å². The highest BCUT2D eigenvalue weighted by molar-refractivity contribution is 7.13. The lowest BCUT2D eigenvalue weighted by molar-refractivity contribution is -0.121. The van der Waals surface area contributed by atoms with Crippen LogP contribution in [0, 0.1) is 0 Å². The Hall–Kier alpha value is -2.18. The van der Waals surface area contributed by atoms with E-state index in [-0.39, 0.29) is 5.91 Å². The van der Waals surface area contributed by atoms with Gasteiger partial charge in [0.05, 0.1) is 10.6 Å². The van der Waals surface area contributed by atoms with Gasteiger partial charge in [0.2, 0.25) is 5.91 Å². The van der Waals surface area contributed by atoms with Crippen LogP contribution in [0.3, 0.4) is 0 Å². The second-order valence-corrected chi connectivity index (χ2v) is 7.79. The van der Waals surface area contributed by atoms with Crippen molar-refractivity contribution in [2.24, 2.45) is 0 Å². The fraction of sp³-hybridized carbons (Fsp3) is 0.368. The van der Waals surface area contributed by atoms with Gasteiger partial charge >= 0.3 is 0 Å². The average molecular weight is 354 g/mol. The van der Waals surface area contributed by atoms with Gasteiger partial charge in [-0.1, -0.05) is 6.07 Å². The average Bonchev–Trinajstić information content (AvgIpc) is 3.13. The predicted molar refractivity (Wildman–Crippen MR) is 102 cm³/mol. The summed E-state index contributed by atoms with van der Waals surface area (Å²) in [6.07, 6.45) is 4.00. The first kappa shape index (κ1) is 16.3. The van der Waals surface area contributed by atoms with Crippen LogP contribution in [0.25, 0.3) is 21.6 Å². The number of aromatic nitrogens is 2. The van der Waals surface area contributed by atoms with Crippen molar-refractivity contribution in [3.8, 4) is 10.6 Å². The second-order valence-electron chi connectivity index (χ2n) is 6.84. The van der Waals surface area contributed by atoms with Gasteiger partial charge in [0, 0.05) is 29.7 Å². The van der Waals surface area contributed by atoms with Gasteiger partial charge in [0.25, 0.3) is 0 Å². The van der Waals surface area contributed by atoms with E-state index in [0.29, 0.717) is 12.6 Å². The van der Waals surface area contributed by atoms with Gasteiger partial charge in [-0.2, -0.15) is 0 Å². The summed E-state index contributed by atoms with van der Waals surface area (Å²) >= 11 is 1.70. The van der Waals surface area contributed by atoms with Crippen LogP contribution in [0.1, 0.15) is 18.4 Å². The van der Waals surface area contributed by atoms with E-state index in [0.717, 1.165) is 36.1 Å². The molecule has 0 saturated heterocycles. The lowest BCUT2D eigenvalue weighted by Gasteiger charge is -2.13. The first-order valence-electron chi connectivity index (χ1n) is 8.57. The number of pyridine rings is 1. The zero-order chi connectivity index (χ0) is 17.4. The normalized spacial score (nSPS) is 14.4. The van der Waals surface area contributed by atoms with E-state index < -0.39 is 0 Å². The van der Waals surface area contributed by atoms with Crippen LogP contribution in [0.5, 0.6) is 0 Å². The molecule has 1 N–H and O–H groups in total. The Kier molecular flexibility index (Phi) is 4.31. The molecule has 0 radical (unpaired) electrons. The van der Waals surface area contributed by atoms with Crippen molar-refractivity contribution in [1.82, 2.24) is 19.8 Å². The van der Waals surface area contributed by atoms with Crippen LogP contribution in [0.15, 0.2) is 35.8 Å². The molecule has 0 atom stereocenters. The maximum Gasteiger partial charge on any atom is 0.240 e. The van der Waals surface area contributed by atoms with E-state index in [2.05, 4.69) is 57.4 Å². The number of amides is 1. The molecule has 4 rings (SSSR count). The van der Waals surface area contributed by atoms with E-state index in [1.54, 1.807) is 17.5 Å². The molecule has 6 heteroatoms. The van der Waals surface area contributed by atoms with Gasteiger partial charge in [-0.15, -0.1) is 11.3 Å². The van der Waals surface area contributed by atoms with Gasteiger partial charge in [0.1, 0.15) is 12.2 Å². The highest BCUT2D eigenvalue weighted by Crippen LogP contribution is 2.36. The van der Waals surface area contributed by atoms with Crippen LogP contribution in [0.2, 0.25) is 0 Å². The number of rotatable bonds is 6. The van der Waals surface area contributed by atoms with Crippen molar-refractivity contribution in [3.63, 3.8) is 0 Å². The number of carbonyl (C=O) groups excluding carboxylic acids is 1. The van der Waals surface area contributed by atoms with Crippen LogP contribution < -0.4 is 5.32 Å². The molecule has 0 aliphatic heterocycles. The summed E-state index contributed by atoms with van der Waals surface area (Å²) in [5.74, 6) is 0.0688. The number of nitrogens with zero attached hydrogens (tertiary/aromatic N) is 3. The minimum atomic E-state index is 0.0688. The minimum Gasteiger partial charge on any atom is -0.352 e. The zero-order valence-corrected chi connectivity index (χ0v) is 15.3. The minimum absolute atomic E-state index is 0.0688. The Morgan fingerprint density at radius 2 is 2.20 bits per heavy atom. The molecule has 130 valence electrons. The van der Waals surface area contributed by atoms with E-state index in [1.165, 1.54) is 10.4 Å². The maximum absolute atomic E-state index is 12.5. The summed E-state index contributed by atoms with van der Waals surface area (Å²) in [5, 5.41) is 6.30. The van der Waals surface area contributed by atoms with Crippen molar-refractivity contribution < 1.29 is 4.79 Å². The van der Waals surface area contributed by atoms with Gasteiger partial charge in [-0.05, 0) is 50.5 Å². The number of carbonyl (C=O) groups is 1. The molecule has 3 heterocycles. The highest BCUT2D eigenvalue weighted by atomic mass is 32.1. The Morgan fingerprint density at radius 1 is 1.36 bits per heavy atom. The van der Waals surface area contributed by atoms with Crippen LogP contribution in [-0.2, 0) is 17.9 Å². The predicted octanol–water partition coefficient (Wildman–Crippen LogP) is 3.11. The maximum atomic E-state index is 12.5. The largest absolute Gasteiger partial charge is 0.352 e. The standard InChI is InChI=1S/C19H22N4OS/c1-22(2)11-15-14-5-3-9-20-19(14)23(12-17(24)21-13-7-8-13)18(15)16-6-4-10-25-16/h3-6,9-10,13H,7-8,11-12H2,1-2H3,(H,21,24). The molecule has 0 spiro atoms. The second kappa shape index (κ2) is 6.61. The van der Waals surface area contributed by atoms with Crippen molar-refractivity contribution in [2.45, 2.75) is 32.0 Å². The van der Waals surface area contributed by atoms with Crippen LogP contribution in [-0.4, -0.2) is 40.5 Å². The molecular weight excluding hydrogens is 332 g/mol. The van der Waals surface area contributed by atoms with E-state index in [9.17, 15) is 4.79 Å². The quantitative estimate of drug-likeness (QED) is 0.740. The summed E-state index contributed by atoms with van der Waals surface area (Å²) in [6.45, 7) is 1.12. The molecule has 1 amide bonds. The number of thiophene rings is 1. The third-order valence-electron chi connectivity index (χ3n) is 4.40. The Morgan fingerprint density at radius 3 is 2.88 bits per heavy atom. The Balaban J connectivity index is 1.86. The molecular formula is C19H22N4OS. The van der Waals surface area contributed by atoms with E-state index in [4.69, 9.17) is 0 Å². The highest BCUT2D eigenvalue weighted by Gasteiger charge is 2.26. The lowest BCUT2D eigenvalue weighted by atomic mass is 10.1. The smallest absolute Gasteiger partial charge is 0.240 e. The van der Waals surface area contributed by atoms with E-state index >= 15 is 0 Å². The van der Waals surface area contributed by atoms with Gasteiger partial charge in [-0.3, -0.25) is 4.79 Å². The molecule has 0 bridgehead atoms. The van der Waals surface area contributed by atoms with E-state index in [1.807, 2.05) is 6.07 Å². The van der Waals surface area contributed by atoms with Crippen molar-refractivity contribution in [3.05, 3.63) is 41.4 Å². The molecule has 5 nitrogen and oxygen atoms in total. The Bertz CT molecular complexity index is 894. The number of hydrogen-bond acceptors (Lipinski definition) is 4. The monoisotopic (exact) mass is 354 g/mol. The van der Waals surface area contributed by atoms with Crippen LogP contribution >= 0.6 is 11.3 Å². The molecule has 1 fully saturated rings. The number of fused-ring (bicyclic) bond motifs is 1. The molecule has 25 heavy (non-hydrogen) atoms. The first-order valence-corrected chi connectivity index (χ1v) is 9.45. The fourth-order valence-corrected chi connectivity index (χ4v) is 4.02. The van der Waals surface area contributed by atoms with Gasteiger partial charge in [0.15, 0.2) is 0 Å². The SMILES string of the molecule is CN(C)Cc1c(-c2cccs2)n(CC(=O)NC2CC2)c2ncccc12. The third-order valence-corrected chi connectivity index (χ3v) is 5.27. The molecule has 0 unspecified atom stereocenters. The summed E-state index contributed by atoms with van der Waals surface area (Å²) in [4.78, 5) is 20.4. The first-order chi connectivity index (χ1) is 12.1. The molecule has 1 aliphatic rings. The zero-order valence-electron chi connectivity index (χ0n) is 14.5. The lowest BCUT2D eigenvalue weighted by Crippen LogP contribution is -2.29. The third kappa shape index (κ3) is 3.32. The van der Waals surface area contributed by atoms with Crippen molar-refractivity contribution >= 4 is 28.3 Å². The van der Waals surface area contributed by atoms with Crippen LogP contribution in [0.4, 0.5) is 0 Å². The number of nitrogens with one attached hydrogen (secondary N) is 1. The molecule has 3 aromatic rings. The van der Waals surface area contributed by atoms with Crippen molar-refractivity contribution in [2.75, 3.05) is 14.1 Å². The summed E-state index contributed by atoms with van der Waals surface area (Å²) in [6, 6.07) is 8.61. The molecule has 1 saturated carbocycles. The van der Waals surface area contributed by atoms with Crippen molar-refractivity contribution in [1.29, 1.82) is 0 Å². The molecule has 3 aromatic heterocycles. The summed E-state index contributed by atoms with van der Waals surface area (Å²) in [7, 11) is 4.13.